The van der Waals surface area contributed by atoms with Crippen LogP contribution in [0.5, 0.6) is 11.5 Å². The van der Waals surface area contributed by atoms with Crippen molar-refractivity contribution in [1.82, 2.24) is 19.9 Å². The number of benzene rings is 2. The summed E-state index contributed by atoms with van der Waals surface area (Å²) in [6.45, 7) is 0. The van der Waals surface area contributed by atoms with Crippen LogP contribution < -0.4 is 10.1 Å². The molecule has 0 aliphatic rings. The Morgan fingerprint density at radius 1 is 0.880 bits per heavy atom. The lowest BCUT2D eigenvalue weighted by Crippen LogP contribution is -1.95. The molecule has 0 saturated heterocycles. The molecule has 0 amide bonds. The summed E-state index contributed by atoms with van der Waals surface area (Å²) >= 11 is 5.86. The molecular formula is C17H13Cl2N5O. The molecule has 25 heavy (non-hydrogen) atoms. The van der Waals surface area contributed by atoms with E-state index in [9.17, 15) is 0 Å². The van der Waals surface area contributed by atoms with Gasteiger partial charge in [0.25, 0.3) is 0 Å². The van der Waals surface area contributed by atoms with Crippen molar-refractivity contribution < 1.29 is 4.74 Å². The Labute approximate surface area is 154 Å². The lowest BCUT2D eigenvalue weighted by atomic mass is 10.3. The van der Waals surface area contributed by atoms with E-state index >= 15 is 0 Å². The minimum atomic E-state index is 0. The summed E-state index contributed by atoms with van der Waals surface area (Å²) in [6, 6.07) is 14.8. The van der Waals surface area contributed by atoms with Gasteiger partial charge in [-0.3, -0.25) is 0 Å². The van der Waals surface area contributed by atoms with Gasteiger partial charge in [-0.25, -0.2) is 15.0 Å². The van der Waals surface area contributed by atoms with Crippen LogP contribution in [0.15, 0.2) is 61.2 Å². The molecule has 6 nitrogen and oxygen atoms in total. The van der Waals surface area contributed by atoms with Gasteiger partial charge in [0, 0.05) is 10.7 Å². The highest BCUT2D eigenvalue weighted by Crippen LogP contribution is 2.26. The molecular weight excluding hydrogens is 361 g/mol. The SMILES string of the molecule is Cl.Clc1ccc(Oc2ccc(Nc3ncnc4nc[nH]c34)cc2)cc1. The second kappa shape index (κ2) is 7.38. The maximum Gasteiger partial charge on any atom is 0.182 e. The predicted octanol–water partition coefficient (Wildman–Crippen LogP) is 4.96. The van der Waals surface area contributed by atoms with Crippen LogP contribution >= 0.6 is 24.0 Å². The van der Waals surface area contributed by atoms with Crippen molar-refractivity contribution in [3.63, 3.8) is 0 Å². The fourth-order valence-corrected chi connectivity index (χ4v) is 2.37. The number of rotatable bonds is 4. The maximum atomic E-state index is 5.86. The van der Waals surface area contributed by atoms with Crippen LogP contribution in [-0.4, -0.2) is 19.9 Å². The molecule has 0 aliphatic carbocycles. The summed E-state index contributed by atoms with van der Waals surface area (Å²) in [5.41, 5.74) is 2.27. The van der Waals surface area contributed by atoms with Crippen LogP contribution in [0.1, 0.15) is 0 Å². The summed E-state index contributed by atoms with van der Waals surface area (Å²) in [7, 11) is 0. The Hall–Kier alpha value is -2.83. The number of ether oxygens (including phenoxy) is 1. The molecule has 8 heteroatoms. The summed E-state index contributed by atoms with van der Waals surface area (Å²) < 4.78 is 5.77. The minimum Gasteiger partial charge on any atom is -0.457 e. The standard InChI is InChI=1S/C17H12ClN5O.ClH/c18-11-1-5-13(6-2-11)24-14-7-3-12(4-8-14)23-17-15-16(20-9-19-15)21-10-22-17;/h1-10H,(H2,19,20,21,22,23);1H. The minimum absolute atomic E-state index is 0. The number of fused-ring (bicyclic) bond motifs is 1. The molecule has 126 valence electrons. The fraction of sp³-hybridized carbons (Fsp3) is 0. The topological polar surface area (TPSA) is 75.7 Å². The van der Waals surface area contributed by atoms with Gasteiger partial charge in [0.1, 0.15) is 23.3 Å². The van der Waals surface area contributed by atoms with Crippen molar-refractivity contribution in [2.24, 2.45) is 0 Å². The molecule has 0 aliphatic heterocycles. The van der Waals surface area contributed by atoms with E-state index < -0.39 is 0 Å². The van der Waals surface area contributed by atoms with Crippen molar-refractivity contribution in [2.45, 2.75) is 0 Å². The first kappa shape index (κ1) is 17.0. The van der Waals surface area contributed by atoms with E-state index in [2.05, 4.69) is 25.3 Å². The third-order valence-electron chi connectivity index (χ3n) is 3.39. The number of aromatic amines is 1. The van der Waals surface area contributed by atoms with E-state index in [1.807, 2.05) is 36.4 Å². The first-order chi connectivity index (χ1) is 11.8. The Kier molecular flexibility index (Phi) is 5.02. The predicted molar refractivity (Wildman–Crippen MR) is 100 cm³/mol. The molecule has 0 unspecified atom stereocenters. The van der Waals surface area contributed by atoms with Gasteiger partial charge in [-0.05, 0) is 48.5 Å². The molecule has 2 aromatic heterocycles. The highest BCUT2D eigenvalue weighted by Gasteiger charge is 2.06. The normalized spacial score (nSPS) is 10.3. The van der Waals surface area contributed by atoms with Crippen LogP contribution in [0.3, 0.4) is 0 Å². The summed E-state index contributed by atoms with van der Waals surface area (Å²) in [5, 5.41) is 3.91. The van der Waals surface area contributed by atoms with Crippen LogP contribution in [-0.2, 0) is 0 Å². The molecule has 0 saturated carbocycles. The third kappa shape index (κ3) is 3.81. The van der Waals surface area contributed by atoms with E-state index in [0.717, 1.165) is 22.7 Å². The average molecular weight is 374 g/mol. The van der Waals surface area contributed by atoms with Gasteiger partial charge >= 0.3 is 0 Å². The largest absolute Gasteiger partial charge is 0.457 e. The quantitative estimate of drug-likeness (QED) is 0.528. The van der Waals surface area contributed by atoms with Crippen LogP contribution in [0.2, 0.25) is 5.02 Å². The van der Waals surface area contributed by atoms with Gasteiger partial charge in [0.05, 0.1) is 6.33 Å². The summed E-state index contributed by atoms with van der Waals surface area (Å²) in [4.78, 5) is 15.5. The van der Waals surface area contributed by atoms with Gasteiger partial charge < -0.3 is 15.0 Å². The van der Waals surface area contributed by atoms with E-state index in [-0.39, 0.29) is 12.4 Å². The molecule has 0 radical (unpaired) electrons. The molecule has 2 aromatic carbocycles. The number of anilines is 2. The Bertz CT molecular complexity index is 970. The zero-order chi connectivity index (χ0) is 16.4. The summed E-state index contributed by atoms with van der Waals surface area (Å²) in [5.74, 6) is 2.14. The molecule has 2 N–H and O–H groups in total. The van der Waals surface area contributed by atoms with Gasteiger partial charge in [-0.15, -0.1) is 12.4 Å². The lowest BCUT2D eigenvalue weighted by molar-refractivity contribution is 0.483. The monoisotopic (exact) mass is 373 g/mol. The van der Waals surface area contributed by atoms with Crippen molar-refractivity contribution in [2.75, 3.05) is 5.32 Å². The number of halogens is 2. The first-order valence-corrected chi connectivity index (χ1v) is 7.60. The molecule has 4 rings (SSSR count). The molecule has 4 aromatic rings. The van der Waals surface area contributed by atoms with E-state index in [0.29, 0.717) is 16.5 Å². The molecule has 0 atom stereocenters. The van der Waals surface area contributed by atoms with Crippen molar-refractivity contribution >= 4 is 46.7 Å². The van der Waals surface area contributed by atoms with E-state index in [1.54, 1.807) is 18.5 Å². The number of hydrogen-bond donors (Lipinski definition) is 2. The highest BCUT2D eigenvalue weighted by molar-refractivity contribution is 6.30. The second-order valence-corrected chi connectivity index (χ2v) is 5.47. The Morgan fingerprint density at radius 3 is 2.28 bits per heavy atom. The first-order valence-electron chi connectivity index (χ1n) is 7.22. The van der Waals surface area contributed by atoms with Crippen molar-refractivity contribution in [3.05, 3.63) is 66.2 Å². The fourth-order valence-electron chi connectivity index (χ4n) is 2.24. The third-order valence-corrected chi connectivity index (χ3v) is 3.64. The molecule has 2 heterocycles. The van der Waals surface area contributed by atoms with Gasteiger partial charge in [-0.2, -0.15) is 0 Å². The number of nitrogens with one attached hydrogen (secondary N) is 2. The zero-order valence-corrected chi connectivity index (χ0v) is 14.4. The van der Waals surface area contributed by atoms with Crippen LogP contribution in [0, 0.1) is 0 Å². The number of H-pyrrole nitrogens is 1. The molecule has 0 spiro atoms. The van der Waals surface area contributed by atoms with Gasteiger partial charge in [-0.1, -0.05) is 11.6 Å². The van der Waals surface area contributed by atoms with E-state index in [1.165, 1.54) is 6.33 Å². The van der Waals surface area contributed by atoms with Crippen LogP contribution in [0.4, 0.5) is 11.5 Å². The van der Waals surface area contributed by atoms with Crippen molar-refractivity contribution in [3.8, 4) is 11.5 Å². The van der Waals surface area contributed by atoms with Gasteiger partial charge in [0.15, 0.2) is 11.5 Å². The average Bonchev–Trinajstić information content (AvgIpc) is 3.08. The Morgan fingerprint density at radius 2 is 1.56 bits per heavy atom. The van der Waals surface area contributed by atoms with Gasteiger partial charge in [0.2, 0.25) is 0 Å². The Balaban J connectivity index is 0.00000182. The lowest BCUT2D eigenvalue weighted by Gasteiger charge is -2.08. The number of hydrogen-bond acceptors (Lipinski definition) is 5. The zero-order valence-electron chi connectivity index (χ0n) is 12.8. The molecule has 0 fully saturated rings. The van der Waals surface area contributed by atoms with Crippen molar-refractivity contribution in [1.29, 1.82) is 0 Å². The number of imidazole rings is 1. The second-order valence-electron chi connectivity index (χ2n) is 5.03. The number of aromatic nitrogens is 4. The number of nitrogens with zero attached hydrogens (tertiary/aromatic N) is 3. The van der Waals surface area contributed by atoms with Crippen LogP contribution in [0.25, 0.3) is 11.2 Å². The molecule has 0 bridgehead atoms. The van der Waals surface area contributed by atoms with E-state index in [4.69, 9.17) is 16.3 Å². The smallest absolute Gasteiger partial charge is 0.182 e. The maximum absolute atomic E-state index is 5.86. The summed E-state index contributed by atoms with van der Waals surface area (Å²) in [6.07, 6.45) is 3.07. The highest BCUT2D eigenvalue weighted by atomic mass is 35.5.